The van der Waals surface area contributed by atoms with Crippen LogP contribution in [0, 0.1) is 5.92 Å². The Kier molecular flexibility index (Phi) is 4.00. The highest BCUT2D eigenvalue weighted by atomic mass is 19.1. The highest BCUT2D eigenvalue weighted by Gasteiger charge is 2.14. The van der Waals surface area contributed by atoms with Gasteiger partial charge in [0.15, 0.2) is 0 Å². The number of alkyl halides is 1. The van der Waals surface area contributed by atoms with E-state index >= 15 is 0 Å². The van der Waals surface area contributed by atoms with Crippen LogP contribution in [0.2, 0.25) is 0 Å². The molecule has 0 aromatic heterocycles. The van der Waals surface area contributed by atoms with Crippen LogP contribution in [0.4, 0.5) is 4.39 Å². The zero-order valence-corrected chi connectivity index (χ0v) is 6.56. The molecule has 3 heteroatoms. The monoisotopic (exact) mass is 148 g/mol. The molecule has 0 unspecified atom stereocenters. The second-order valence-electron chi connectivity index (χ2n) is 2.44. The largest absolute Gasteiger partial charge is 0.469 e. The maximum absolute atomic E-state index is 12.4. The molecule has 0 saturated heterocycles. The minimum Gasteiger partial charge on any atom is -0.469 e. The molecule has 0 heterocycles. The average molecular weight is 148 g/mol. The Morgan fingerprint density at radius 1 is 1.60 bits per heavy atom. The normalized spacial score (nSPS) is 16.0. The van der Waals surface area contributed by atoms with Crippen molar-refractivity contribution in [3.63, 3.8) is 0 Å². The quantitative estimate of drug-likeness (QED) is 0.567. The topological polar surface area (TPSA) is 26.3 Å². The lowest BCUT2D eigenvalue weighted by atomic mass is 10.0. The van der Waals surface area contributed by atoms with E-state index in [9.17, 15) is 9.18 Å². The number of carbonyl (C=O) groups is 1. The first kappa shape index (κ1) is 9.40. The lowest BCUT2D eigenvalue weighted by molar-refractivity contribution is -0.142. The molecule has 0 aromatic rings. The van der Waals surface area contributed by atoms with Gasteiger partial charge in [0.2, 0.25) is 0 Å². The molecule has 10 heavy (non-hydrogen) atoms. The van der Waals surface area contributed by atoms with Crippen LogP contribution in [0.3, 0.4) is 0 Å². The van der Waals surface area contributed by atoms with Gasteiger partial charge in [-0.25, -0.2) is 4.39 Å². The highest BCUT2D eigenvalue weighted by Crippen LogP contribution is 2.11. The number of methoxy groups -OCH3 is 1. The molecule has 0 fully saturated rings. The Balaban J connectivity index is 3.57. The second-order valence-corrected chi connectivity index (χ2v) is 2.44. The van der Waals surface area contributed by atoms with Crippen LogP contribution in [0.1, 0.15) is 20.3 Å². The molecule has 0 aliphatic carbocycles. The van der Waals surface area contributed by atoms with Gasteiger partial charge in [0.25, 0.3) is 0 Å². The van der Waals surface area contributed by atoms with Gasteiger partial charge in [0.05, 0.1) is 13.5 Å². The minimum atomic E-state index is -0.945. The maximum atomic E-state index is 12.4. The van der Waals surface area contributed by atoms with Crippen molar-refractivity contribution in [3.05, 3.63) is 0 Å². The summed E-state index contributed by atoms with van der Waals surface area (Å²) in [6.07, 6.45) is -0.784. The van der Waals surface area contributed by atoms with Gasteiger partial charge in [-0.15, -0.1) is 0 Å². The maximum Gasteiger partial charge on any atom is 0.305 e. The van der Waals surface area contributed by atoms with Crippen LogP contribution >= 0.6 is 0 Å². The van der Waals surface area contributed by atoms with Gasteiger partial charge in [0.1, 0.15) is 6.17 Å². The van der Waals surface area contributed by atoms with Gasteiger partial charge in [-0.2, -0.15) is 0 Å². The summed E-state index contributed by atoms with van der Waals surface area (Å²) >= 11 is 0. The Morgan fingerprint density at radius 3 is 2.40 bits per heavy atom. The van der Waals surface area contributed by atoms with E-state index in [1.54, 1.807) is 6.92 Å². The van der Waals surface area contributed by atoms with Gasteiger partial charge >= 0.3 is 5.97 Å². The lowest BCUT2D eigenvalue weighted by Gasteiger charge is -2.09. The van der Waals surface area contributed by atoms with E-state index in [2.05, 4.69) is 4.74 Å². The summed E-state index contributed by atoms with van der Waals surface area (Å²) in [5, 5.41) is 0. The average Bonchev–Trinajstić information content (AvgIpc) is 1.87. The summed E-state index contributed by atoms with van der Waals surface area (Å²) in [6, 6.07) is 0. The first-order valence-electron chi connectivity index (χ1n) is 3.28. The predicted molar refractivity (Wildman–Crippen MR) is 36.4 cm³/mol. The fourth-order valence-corrected chi connectivity index (χ4v) is 0.509. The first-order valence-corrected chi connectivity index (χ1v) is 3.28. The molecular weight excluding hydrogens is 135 g/mol. The predicted octanol–water partition coefficient (Wildman–Crippen LogP) is 1.54. The molecule has 0 radical (unpaired) electrons. The van der Waals surface area contributed by atoms with Crippen molar-refractivity contribution < 1.29 is 13.9 Å². The van der Waals surface area contributed by atoms with Gasteiger partial charge < -0.3 is 4.74 Å². The van der Waals surface area contributed by atoms with Gasteiger partial charge in [0, 0.05) is 0 Å². The number of halogens is 1. The lowest BCUT2D eigenvalue weighted by Crippen LogP contribution is -2.14. The third kappa shape index (κ3) is 3.43. The minimum absolute atomic E-state index is 0.161. The molecular formula is C7H13FO2. The zero-order valence-electron chi connectivity index (χ0n) is 6.56. The van der Waals surface area contributed by atoms with E-state index in [-0.39, 0.29) is 18.3 Å². The molecule has 0 aliphatic rings. The molecule has 0 amide bonds. The number of hydrogen-bond acceptors (Lipinski definition) is 2. The molecule has 0 spiro atoms. The van der Waals surface area contributed by atoms with Crippen LogP contribution in [0.5, 0.6) is 0 Å². The smallest absolute Gasteiger partial charge is 0.305 e. The van der Waals surface area contributed by atoms with E-state index in [0.717, 1.165) is 0 Å². The standard InChI is InChI=1S/C7H13FO2/c1-5(6(2)8)4-7(9)10-3/h5-6H,4H2,1-3H3/t5-,6-/m1/s1. The van der Waals surface area contributed by atoms with E-state index in [4.69, 9.17) is 0 Å². The van der Waals surface area contributed by atoms with E-state index < -0.39 is 6.17 Å². The summed E-state index contributed by atoms with van der Waals surface area (Å²) < 4.78 is 16.7. The van der Waals surface area contributed by atoms with Gasteiger partial charge in [-0.1, -0.05) is 6.92 Å². The Bertz CT molecular complexity index is 112. The molecule has 0 N–H and O–H groups in total. The Hall–Kier alpha value is -0.600. The summed E-state index contributed by atoms with van der Waals surface area (Å²) in [6.45, 7) is 3.12. The third-order valence-corrected chi connectivity index (χ3v) is 1.50. The van der Waals surface area contributed by atoms with Crippen molar-refractivity contribution in [2.75, 3.05) is 7.11 Å². The van der Waals surface area contributed by atoms with Crippen LogP contribution in [-0.4, -0.2) is 19.3 Å². The fraction of sp³-hybridized carbons (Fsp3) is 0.857. The van der Waals surface area contributed by atoms with Crippen LogP contribution in [-0.2, 0) is 9.53 Å². The summed E-state index contributed by atoms with van der Waals surface area (Å²) in [5.74, 6) is -0.593. The van der Waals surface area contributed by atoms with E-state index in [1.807, 2.05) is 0 Å². The fourth-order valence-electron chi connectivity index (χ4n) is 0.509. The molecule has 60 valence electrons. The molecule has 0 aromatic carbocycles. The van der Waals surface area contributed by atoms with Crippen molar-refractivity contribution in [2.45, 2.75) is 26.4 Å². The van der Waals surface area contributed by atoms with Crippen LogP contribution in [0.25, 0.3) is 0 Å². The van der Waals surface area contributed by atoms with Crippen molar-refractivity contribution >= 4 is 5.97 Å². The van der Waals surface area contributed by atoms with Gasteiger partial charge in [-0.3, -0.25) is 4.79 Å². The van der Waals surface area contributed by atoms with Crippen molar-refractivity contribution in [1.82, 2.24) is 0 Å². The molecule has 0 saturated carbocycles. The summed E-state index contributed by atoms with van der Waals surface area (Å²) in [5.41, 5.74) is 0. The second kappa shape index (κ2) is 4.25. The SMILES string of the molecule is COC(=O)C[C@@H](C)[C@@H](C)F. The zero-order chi connectivity index (χ0) is 8.15. The number of carbonyl (C=O) groups excluding carboxylic acids is 1. The highest BCUT2D eigenvalue weighted by molar-refractivity contribution is 5.69. The van der Waals surface area contributed by atoms with Crippen molar-refractivity contribution in [1.29, 1.82) is 0 Å². The molecule has 0 aliphatic heterocycles. The summed E-state index contributed by atoms with van der Waals surface area (Å²) in [7, 11) is 1.30. The molecule has 2 atom stereocenters. The summed E-state index contributed by atoms with van der Waals surface area (Å²) in [4.78, 5) is 10.5. The number of ether oxygens (including phenoxy) is 1. The van der Waals surface area contributed by atoms with Crippen LogP contribution < -0.4 is 0 Å². The van der Waals surface area contributed by atoms with E-state index in [0.29, 0.717) is 0 Å². The number of esters is 1. The molecule has 0 bridgehead atoms. The Morgan fingerprint density at radius 2 is 2.10 bits per heavy atom. The number of hydrogen-bond donors (Lipinski definition) is 0. The first-order chi connectivity index (χ1) is 4.57. The molecule has 0 rings (SSSR count). The number of rotatable bonds is 3. The Labute approximate surface area is 60.4 Å². The van der Waals surface area contributed by atoms with Gasteiger partial charge in [-0.05, 0) is 12.8 Å². The van der Waals surface area contributed by atoms with Crippen molar-refractivity contribution in [2.24, 2.45) is 5.92 Å². The van der Waals surface area contributed by atoms with Crippen LogP contribution in [0.15, 0.2) is 0 Å². The molecule has 2 nitrogen and oxygen atoms in total. The van der Waals surface area contributed by atoms with E-state index in [1.165, 1.54) is 14.0 Å². The van der Waals surface area contributed by atoms with Crippen molar-refractivity contribution in [3.8, 4) is 0 Å². The third-order valence-electron chi connectivity index (χ3n) is 1.50.